The Hall–Kier alpha value is -1.71. The van der Waals surface area contributed by atoms with Crippen LogP contribution < -0.4 is 5.73 Å². The SMILES string of the molecule is CCOC(=O)c1c(N)ccc(O)c1C. The average Bonchev–Trinajstić information content (AvgIpc) is 2.13. The number of phenolic OH excluding ortho intramolecular Hbond substituents is 1. The number of ether oxygens (including phenoxy) is 1. The molecule has 0 bridgehead atoms. The van der Waals surface area contributed by atoms with Gasteiger partial charge in [0, 0.05) is 11.3 Å². The van der Waals surface area contributed by atoms with Crippen LogP contribution in [0.5, 0.6) is 5.75 Å². The Bertz CT molecular complexity index is 361. The van der Waals surface area contributed by atoms with Crippen molar-refractivity contribution in [2.75, 3.05) is 12.3 Å². The summed E-state index contributed by atoms with van der Waals surface area (Å²) in [5.41, 5.74) is 6.62. The molecule has 0 aromatic heterocycles. The lowest BCUT2D eigenvalue weighted by Crippen LogP contribution is -2.10. The Morgan fingerprint density at radius 3 is 2.79 bits per heavy atom. The molecule has 0 atom stereocenters. The van der Waals surface area contributed by atoms with Gasteiger partial charge >= 0.3 is 5.97 Å². The number of aromatic hydroxyl groups is 1. The second-order valence-corrected chi connectivity index (χ2v) is 2.89. The Morgan fingerprint density at radius 2 is 2.21 bits per heavy atom. The molecule has 0 amide bonds. The summed E-state index contributed by atoms with van der Waals surface area (Å²) in [6, 6.07) is 2.93. The predicted octanol–water partition coefficient (Wildman–Crippen LogP) is 1.46. The van der Waals surface area contributed by atoms with E-state index < -0.39 is 5.97 Å². The fourth-order valence-corrected chi connectivity index (χ4v) is 1.20. The standard InChI is InChI=1S/C10H13NO3/c1-3-14-10(13)9-6(2)8(12)5-4-7(9)11/h4-5,12H,3,11H2,1-2H3. The van der Waals surface area contributed by atoms with Crippen LogP contribution in [0.4, 0.5) is 5.69 Å². The van der Waals surface area contributed by atoms with Crippen molar-refractivity contribution in [2.45, 2.75) is 13.8 Å². The smallest absolute Gasteiger partial charge is 0.340 e. The summed E-state index contributed by atoms with van der Waals surface area (Å²) in [7, 11) is 0. The van der Waals surface area contributed by atoms with Crippen molar-refractivity contribution in [1.82, 2.24) is 0 Å². The highest BCUT2D eigenvalue weighted by molar-refractivity contribution is 5.97. The van der Waals surface area contributed by atoms with Crippen molar-refractivity contribution in [1.29, 1.82) is 0 Å². The molecule has 1 rings (SSSR count). The molecule has 0 fully saturated rings. The number of nitrogen functional groups attached to an aromatic ring is 1. The second kappa shape index (κ2) is 4.00. The van der Waals surface area contributed by atoms with Gasteiger partial charge in [0.15, 0.2) is 0 Å². The van der Waals surface area contributed by atoms with Crippen LogP contribution in [0, 0.1) is 6.92 Å². The minimum Gasteiger partial charge on any atom is -0.508 e. The van der Waals surface area contributed by atoms with Gasteiger partial charge in [-0.1, -0.05) is 0 Å². The second-order valence-electron chi connectivity index (χ2n) is 2.89. The van der Waals surface area contributed by atoms with E-state index in [1.807, 2.05) is 0 Å². The van der Waals surface area contributed by atoms with Gasteiger partial charge in [0.05, 0.1) is 12.2 Å². The third-order valence-corrected chi connectivity index (χ3v) is 1.95. The number of hydrogen-bond acceptors (Lipinski definition) is 4. The quantitative estimate of drug-likeness (QED) is 0.425. The molecule has 4 nitrogen and oxygen atoms in total. The Labute approximate surface area is 82.3 Å². The summed E-state index contributed by atoms with van der Waals surface area (Å²) in [5, 5.41) is 9.38. The average molecular weight is 195 g/mol. The summed E-state index contributed by atoms with van der Waals surface area (Å²) in [5.74, 6) is -0.458. The van der Waals surface area contributed by atoms with Crippen LogP contribution in [-0.4, -0.2) is 17.7 Å². The van der Waals surface area contributed by atoms with Crippen molar-refractivity contribution in [3.8, 4) is 5.75 Å². The number of benzene rings is 1. The number of carbonyl (C=O) groups excluding carboxylic acids is 1. The molecule has 76 valence electrons. The van der Waals surface area contributed by atoms with Gasteiger partial charge in [-0.25, -0.2) is 4.79 Å². The van der Waals surface area contributed by atoms with Crippen LogP contribution >= 0.6 is 0 Å². The van der Waals surface area contributed by atoms with Gasteiger partial charge in [-0.15, -0.1) is 0 Å². The molecular weight excluding hydrogens is 182 g/mol. The number of hydrogen-bond donors (Lipinski definition) is 2. The normalized spacial score (nSPS) is 9.86. The molecule has 0 unspecified atom stereocenters. The maximum Gasteiger partial charge on any atom is 0.340 e. The number of rotatable bonds is 2. The molecule has 0 aliphatic rings. The zero-order valence-electron chi connectivity index (χ0n) is 8.20. The van der Waals surface area contributed by atoms with Crippen molar-refractivity contribution < 1.29 is 14.6 Å². The maximum absolute atomic E-state index is 11.4. The molecule has 0 radical (unpaired) electrons. The summed E-state index contributed by atoms with van der Waals surface area (Å²) in [6.07, 6.45) is 0. The number of esters is 1. The van der Waals surface area contributed by atoms with E-state index in [4.69, 9.17) is 10.5 Å². The van der Waals surface area contributed by atoms with Crippen LogP contribution in [0.1, 0.15) is 22.8 Å². The van der Waals surface area contributed by atoms with Gasteiger partial charge in [0.1, 0.15) is 5.75 Å². The predicted molar refractivity (Wildman–Crippen MR) is 53.2 cm³/mol. The molecule has 0 aliphatic heterocycles. The number of nitrogens with two attached hydrogens (primary N) is 1. The monoisotopic (exact) mass is 195 g/mol. The van der Waals surface area contributed by atoms with Crippen LogP contribution in [-0.2, 0) is 4.74 Å². The molecule has 0 aliphatic carbocycles. The Kier molecular flexibility index (Phi) is 2.96. The summed E-state index contributed by atoms with van der Waals surface area (Å²) in [6.45, 7) is 3.62. The molecule has 0 saturated heterocycles. The highest BCUT2D eigenvalue weighted by atomic mass is 16.5. The lowest BCUT2D eigenvalue weighted by Gasteiger charge is -2.09. The van der Waals surface area contributed by atoms with Gasteiger partial charge in [-0.05, 0) is 26.0 Å². The molecule has 0 saturated carbocycles. The molecule has 0 spiro atoms. The Balaban J connectivity index is 3.18. The van der Waals surface area contributed by atoms with E-state index in [0.717, 1.165) is 0 Å². The lowest BCUT2D eigenvalue weighted by molar-refractivity contribution is 0.0526. The van der Waals surface area contributed by atoms with Crippen LogP contribution in [0.15, 0.2) is 12.1 Å². The highest BCUT2D eigenvalue weighted by Crippen LogP contribution is 2.25. The first kappa shape index (κ1) is 10.4. The first-order valence-corrected chi connectivity index (χ1v) is 4.33. The molecule has 0 heterocycles. The highest BCUT2D eigenvalue weighted by Gasteiger charge is 2.16. The summed E-state index contributed by atoms with van der Waals surface area (Å²) < 4.78 is 4.81. The number of carbonyl (C=O) groups is 1. The number of anilines is 1. The third-order valence-electron chi connectivity index (χ3n) is 1.95. The molecule has 3 N–H and O–H groups in total. The van der Waals surface area contributed by atoms with Gasteiger partial charge in [-0.2, -0.15) is 0 Å². The van der Waals surface area contributed by atoms with E-state index in [2.05, 4.69) is 0 Å². The van der Waals surface area contributed by atoms with Crippen LogP contribution in [0.25, 0.3) is 0 Å². The summed E-state index contributed by atoms with van der Waals surface area (Å²) in [4.78, 5) is 11.4. The van der Waals surface area contributed by atoms with Crippen molar-refractivity contribution in [2.24, 2.45) is 0 Å². The Morgan fingerprint density at radius 1 is 1.57 bits per heavy atom. The molecule has 4 heteroatoms. The maximum atomic E-state index is 11.4. The van der Waals surface area contributed by atoms with E-state index in [1.165, 1.54) is 12.1 Å². The van der Waals surface area contributed by atoms with Gasteiger partial charge in [0.2, 0.25) is 0 Å². The van der Waals surface area contributed by atoms with Gasteiger partial charge in [0.25, 0.3) is 0 Å². The molecule has 14 heavy (non-hydrogen) atoms. The van der Waals surface area contributed by atoms with Crippen molar-refractivity contribution >= 4 is 11.7 Å². The van der Waals surface area contributed by atoms with E-state index in [-0.39, 0.29) is 17.9 Å². The first-order valence-electron chi connectivity index (χ1n) is 4.33. The fraction of sp³-hybridized carbons (Fsp3) is 0.300. The molecule has 1 aromatic carbocycles. The zero-order valence-corrected chi connectivity index (χ0v) is 8.20. The van der Waals surface area contributed by atoms with Gasteiger partial charge in [-0.3, -0.25) is 0 Å². The third kappa shape index (κ3) is 1.79. The topological polar surface area (TPSA) is 72.5 Å². The van der Waals surface area contributed by atoms with E-state index in [9.17, 15) is 9.90 Å². The van der Waals surface area contributed by atoms with E-state index >= 15 is 0 Å². The summed E-state index contributed by atoms with van der Waals surface area (Å²) >= 11 is 0. The zero-order chi connectivity index (χ0) is 10.7. The van der Waals surface area contributed by atoms with Crippen LogP contribution in [0.2, 0.25) is 0 Å². The largest absolute Gasteiger partial charge is 0.508 e. The number of phenols is 1. The van der Waals surface area contributed by atoms with Crippen molar-refractivity contribution in [3.63, 3.8) is 0 Å². The van der Waals surface area contributed by atoms with E-state index in [1.54, 1.807) is 13.8 Å². The lowest BCUT2D eigenvalue weighted by atomic mass is 10.1. The minimum atomic E-state index is -0.501. The van der Waals surface area contributed by atoms with Crippen LogP contribution in [0.3, 0.4) is 0 Å². The van der Waals surface area contributed by atoms with Gasteiger partial charge < -0.3 is 15.6 Å². The first-order chi connectivity index (χ1) is 6.57. The molecule has 1 aromatic rings. The fourth-order valence-electron chi connectivity index (χ4n) is 1.20. The van der Waals surface area contributed by atoms with Crippen molar-refractivity contribution in [3.05, 3.63) is 23.3 Å². The molecular formula is C10H13NO3. The van der Waals surface area contributed by atoms with E-state index in [0.29, 0.717) is 11.3 Å². The minimum absolute atomic E-state index is 0.0438.